The standard InChI is InChI=1S/C18H20N4O3S/c1-25-14-2-4-15(5-3-14)26(23,24)22-11-7-16-17(22)6-8-20-18(16)21-12-9-19-10-13-21/h2-8,11,19H,9-10,12-13H2,1H3. The number of aromatic nitrogens is 2. The molecule has 0 bridgehead atoms. The fourth-order valence-corrected chi connectivity index (χ4v) is 4.57. The van der Waals surface area contributed by atoms with Gasteiger partial charge in [0.05, 0.1) is 17.5 Å². The summed E-state index contributed by atoms with van der Waals surface area (Å²) in [5.41, 5.74) is 0.629. The van der Waals surface area contributed by atoms with E-state index in [0.717, 1.165) is 37.4 Å². The topological polar surface area (TPSA) is 76.5 Å². The third-order valence-corrected chi connectivity index (χ3v) is 6.30. The number of anilines is 1. The van der Waals surface area contributed by atoms with Gasteiger partial charge in [-0.05, 0) is 36.4 Å². The first-order valence-corrected chi connectivity index (χ1v) is 9.86. The zero-order valence-electron chi connectivity index (χ0n) is 14.4. The first-order chi connectivity index (χ1) is 12.6. The highest BCUT2D eigenvalue weighted by Crippen LogP contribution is 2.29. The predicted octanol–water partition coefficient (Wildman–Crippen LogP) is 1.69. The smallest absolute Gasteiger partial charge is 0.268 e. The SMILES string of the molecule is COc1ccc(S(=O)(=O)n2ccc3c(N4CCNCC4)nccc32)cc1. The van der Waals surface area contributed by atoms with Crippen molar-refractivity contribution >= 4 is 26.7 Å². The molecular formula is C18H20N4O3S. The molecule has 2 aromatic heterocycles. The highest BCUT2D eigenvalue weighted by Gasteiger charge is 2.22. The van der Waals surface area contributed by atoms with E-state index in [-0.39, 0.29) is 4.90 Å². The lowest BCUT2D eigenvalue weighted by atomic mass is 10.2. The highest BCUT2D eigenvalue weighted by molar-refractivity contribution is 7.90. The van der Waals surface area contributed by atoms with E-state index >= 15 is 0 Å². The van der Waals surface area contributed by atoms with Gasteiger partial charge in [-0.3, -0.25) is 0 Å². The first-order valence-electron chi connectivity index (χ1n) is 8.42. The van der Waals surface area contributed by atoms with Gasteiger partial charge in [-0.15, -0.1) is 0 Å². The van der Waals surface area contributed by atoms with Crippen molar-refractivity contribution in [2.45, 2.75) is 4.90 Å². The maximum absolute atomic E-state index is 13.1. The van der Waals surface area contributed by atoms with Gasteiger partial charge in [-0.25, -0.2) is 17.4 Å². The highest BCUT2D eigenvalue weighted by atomic mass is 32.2. The molecule has 136 valence electrons. The van der Waals surface area contributed by atoms with E-state index in [1.165, 1.54) is 3.97 Å². The molecule has 0 saturated carbocycles. The number of piperazine rings is 1. The van der Waals surface area contributed by atoms with Crippen molar-refractivity contribution in [3.63, 3.8) is 0 Å². The van der Waals surface area contributed by atoms with E-state index in [2.05, 4.69) is 15.2 Å². The maximum Gasteiger partial charge on any atom is 0.268 e. The summed E-state index contributed by atoms with van der Waals surface area (Å²) >= 11 is 0. The summed E-state index contributed by atoms with van der Waals surface area (Å²) in [6, 6.07) is 9.96. The van der Waals surface area contributed by atoms with Gasteiger partial charge in [0.1, 0.15) is 11.6 Å². The molecule has 3 aromatic rings. The van der Waals surface area contributed by atoms with Gasteiger partial charge in [-0.2, -0.15) is 0 Å². The molecule has 0 spiro atoms. The number of fused-ring (bicyclic) bond motifs is 1. The molecule has 1 fully saturated rings. The molecule has 4 rings (SSSR count). The van der Waals surface area contributed by atoms with Crippen LogP contribution in [0, 0.1) is 0 Å². The van der Waals surface area contributed by atoms with E-state index in [4.69, 9.17) is 4.74 Å². The first kappa shape index (κ1) is 16.9. The average Bonchev–Trinajstić information content (AvgIpc) is 3.14. The van der Waals surface area contributed by atoms with Crippen LogP contribution in [0.3, 0.4) is 0 Å². The van der Waals surface area contributed by atoms with Crippen molar-refractivity contribution in [3.05, 3.63) is 48.8 Å². The molecule has 3 heterocycles. The van der Waals surface area contributed by atoms with Crippen LogP contribution in [0.4, 0.5) is 5.82 Å². The fourth-order valence-electron chi connectivity index (χ4n) is 3.23. The van der Waals surface area contributed by atoms with Crippen molar-refractivity contribution in [1.82, 2.24) is 14.3 Å². The van der Waals surface area contributed by atoms with Crippen LogP contribution in [-0.4, -0.2) is 50.7 Å². The van der Waals surface area contributed by atoms with Crippen molar-refractivity contribution in [3.8, 4) is 5.75 Å². The van der Waals surface area contributed by atoms with Crippen LogP contribution in [0.1, 0.15) is 0 Å². The summed E-state index contributed by atoms with van der Waals surface area (Å²) in [6.07, 6.45) is 3.26. The molecular weight excluding hydrogens is 352 g/mol. The van der Waals surface area contributed by atoms with E-state index in [0.29, 0.717) is 11.3 Å². The molecule has 8 heteroatoms. The Balaban J connectivity index is 1.79. The molecule has 1 aliphatic heterocycles. The number of rotatable bonds is 4. The number of hydrogen-bond acceptors (Lipinski definition) is 6. The molecule has 26 heavy (non-hydrogen) atoms. The van der Waals surface area contributed by atoms with E-state index in [9.17, 15) is 8.42 Å². The maximum atomic E-state index is 13.1. The Morgan fingerprint density at radius 2 is 1.81 bits per heavy atom. The van der Waals surface area contributed by atoms with E-state index < -0.39 is 10.0 Å². The second kappa shape index (κ2) is 6.62. The summed E-state index contributed by atoms with van der Waals surface area (Å²) < 4.78 is 32.6. The number of benzene rings is 1. The summed E-state index contributed by atoms with van der Waals surface area (Å²) in [5.74, 6) is 1.44. The summed E-state index contributed by atoms with van der Waals surface area (Å²) in [7, 11) is -2.14. The van der Waals surface area contributed by atoms with Crippen molar-refractivity contribution < 1.29 is 13.2 Å². The van der Waals surface area contributed by atoms with Gasteiger partial charge >= 0.3 is 0 Å². The minimum atomic E-state index is -3.69. The monoisotopic (exact) mass is 372 g/mol. The minimum absolute atomic E-state index is 0.219. The second-order valence-corrected chi connectivity index (χ2v) is 7.91. The molecule has 1 aliphatic rings. The van der Waals surface area contributed by atoms with Crippen molar-refractivity contribution in [2.75, 3.05) is 38.2 Å². The largest absolute Gasteiger partial charge is 0.497 e. The Labute approximate surface area is 152 Å². The van der Waals surface area contributed by atoms with Gasteiger partial charge in [0.15, 0.2) is 0 Å². The van der Waals surface area contributed by atoms with Crippen molar-refractivity contribution in [1.29, 1.82) is 0 Å². The molecule has 7 nitrogen and oxygen atoms in total. The lowest BCUT2D eigenvalue weighted by Gasteiger charge is -2.28. The number of nitrogens with zero attached hydrogens (tertiary/aromatic N) is 3. The fraction of sp³-hybridized carbons (Fsp3) is 0.278. The number of hydrogen-bond donors (Lipinski definition) is 1. The average molecular weight is 372 g/mol. The third-order valence-electron chi connectivity index (χ3n) is 4.59. The Hall–Kier alpha value is -2.58. The van der Waals surface area contributed by atoms with Gasteiger partial charge in [0.25, 0.3) is 10.0 Å². The van der Waals surface area contributed by atoms with Gasteiger partial charge < -0.3 is 15.0 Å². The molecule has 0 amide bonds. The summed E-state index contributed by atoms with van der Waals surface area (Å²) in [6.45, 7) is 3.48. The number of pyridine rings is 1. The minimum Gasteiger partial charge on any atom is -0.497 e. The molecule has 0 aliphatic carbocycles. The molecule has 1 saturated heterocycles. The predicted molar refractivity (Wildman–Crippen MR) is 100 cm³/mol. The van der Waals surface area contributed by atoms with E-state index in [1.807, 2.05) is 6.07 Å². The number of methoxy groups -OCH3 is 1. The third kappa shape index (κ3) is 2.81. The van der Waals surface area contributed by atoms with Crippen molar-refractivity contribution in [2.24, 2.45) is 0 Å². The van der Waals surface area contributed by atoms with Crippen LogP contribution in [0.2, 0.25) is 0 Å². The summed E-state index contributed by atoms with van der Waals surface area (Å²) in [5, 5.41) is 4.15. The Morgan fingerprint density at radius 3 is 2.50 bits per heavy atom. The lowest BCUT2D eigenvalue weighted by Crippen LogP contribution is -2.43. The molecule has 0 radical (unpaired) electrons. The second-order valence-electron chi connectivity index (χ2n) is 6.10. The van der Waals surface area contributed by atoms with Gasteiger partial charge in [0.2, 0.25) is 0 Å². The van der Waals surface area contributed by atoms with Gasteiger partial charge in [0, 0.05) is 44.0 Å². The molecule has 0 atom stereocenters. The molecule has 1 aromatic carbocycles. The van der Waals surface area contributed by atoms with Crippen LogP contribution in [0.15, 0.2) is 53.7 Å². The quantitative estimate of drug-likeness (QED) is 0.751. The molecule has 1 N–H and O–H groups in total. The Morgan fingerprint density at radius 1 is 1.08 bits per heavy atom. The van der Waals surface area contributed by atoms with Crippen LogP contribution in [0.5, 0.6) is 5.75 Å². The van der Waals surface area contributed by atoms with Crippen LogP contribution in [-0.2, 0) is 10.0 Å². The summed E-state index contributed by atoms with van der Waals surface area (Å²) in [4.78, 5) is 6.90. The van der Waals surface area contributed by atoms with Crippen LogP contribution in [0.25, 0.3) is 10.9 Å². The zero-order chi connectivity index (χ0) is 18.1. The number of nitrogens with one attached hydrogen (secondary N) is 1. The Kier molecular flexibility index (Phi) is 4.29. The zero-order valence-corrected chi connectivity index (χ0v) is 15.2. The lowest BCUT2D eigenvalue weighted by molar-refractivity contribution is 0.414. The van der Waals surface area contributed by atoms with Crippen LogP contribution < -0.4 is 15.0 Å². The normalized spacial score (nSPS) is 15.3. The van der Waals surface area contributed by atoms with Crippen LogP contribution >= 0.6 is 0 Å². The van der Waals surface area contributed by atoms with E-state index in [1.54, 1.807) is 49.8 Å². The number of ether oxygens (including phenoxy) is 1. The Bertz CT molecular complexity index is 1020. The van der Waals surface area contributed by atoms with Gasteiger partial charge in [-0.1, -0.05) is 0 Å². The molecule has 0 unspecified atom stereocenters.